The van der Waals surface area contributed by atoms with Crippen LogP contribution in [0, 0.1) is 0 Å². The highest BCUT2D eigenvalue weighted by atomic mass is 79.9. The van der Waals surface area contributed by atoms with Crippen LogP contribution in [-0.2, 0) is 11.3 Å². The lowest BCUT2D eigenvalue weighted by atomic mass is 10.2. The van der Waals surface area contributed by atoms with Crippen LogP contribution in [0.3, 0.4) is 0 Å². The van der Waals surface area contributed by atoms with Gasteiger partial charge in [0.15, 0.2) is 0 Å². The molecule has 1 aromatic carbocycles. The third kappa shape index (κ3) is 5.32. The number of benzene rings is 1. The maximum Gasteiger partial charge on any atom is 0.410 e. The van der Waals surface area contributed by atoms with Crippen LogP contribution in [-0.4, -0.2) is 42.8 Å². The largest absolute Gasteiger partial charge is 0.444 e. The van der Waals surface area contributed by atoms with Gasteiger partial charge in [-0.05, 0) is 32.9 Å². The van der Waals surface area contributed by atoms with E-state index in [1.165, 1.54) is 10.5 Å². The molecule has 1 aliphatic heterocycles. The first kappa shape index (κ1) is 16.3. The number of ether oxygens (including phenoxy) is 1. The van der Waals surface area contributed by atoms with Crippen LogP contribution in [0.15, 0.2) is 28.7 Å². The predicted molar refractivity (Wildman–Crippen MR) is 86.3 cm³/mol. The van der Waals surface area contributed by atoms with Gasteiger partial charge in [0.25, 0.3) is 0 Å². The summed E-state index contributed by atoms with van der Waals surface area (Å²) in [5.74, 6) is 0. The first-order valence-corrected chi connectivity index (χ1v) is 8.19. The number of carbonyl (C=O) groups is 1. The molecule has 21 heavy (non-hydrogen) atoms. The Labute approximate surface area is 135 Å². The second kappa shape index (κ2) is 6.79. The Morgan fingerprint density at radius 2 is 1.81 bits per heavy atom. The smallest absolute Gasteiger partial charge is 0.410 e. The van der Waals surface area contributed by atoms with Crippen molar-refractivity contribution in [1.29, 1.82) is 0 Å². The maximum absolute atomic E-state index is 12.0. The number of nitrogens with one attached hydrogen (secondary N) is 1. The number of piperazine rings is 1. The van der Waals surface area contributed by atoms with Gasteiger partial charge in [-0.2, -0.15) is 0 Å². The zero-order valence-electron chi connectivity index (χ0n) is 13.0. The Morgan fingerprint density at radius 1 is 1.24 bits per heavy atom. The van der Waals surface area contributed by atoms with E-state index in [9.17, 15) is 4.79 Å². The molecule has 0 radical (unpaired) electrons. The monoisotopic (exact) mass is 355 g/mol. The van der Waals surface area contributed by atoms with E-state index in [0.29, 0.717) is 0 Å². The highest BCUT2D eigenvalue weighted by Gasteiger charge is 2.27. The van der Waals surface area contributed by atoms with Crippen LogP contribution in [0.2, 0.25) is 0 Å². The van der Waals surface area contributed by atoms with Gasteiger partial charge in [0, 0.05) is 10.0 Å². The Morgan fingerprint density at radius 3 is 2.33 bits per heavy atom. The molecule has 1 amide bonds. The van der Waals surface area contributed by atoms with E-state index in [4.69, 9.17) is 4.74 Å². The Hall–Kier alpha value is -1.07. The topological polar surface area (TPSA) is 34.0 Å². The van der Waals surface area contributed by atoms with E-state index in [1.54, 1.807) is 0 Å². The van der Waals surface area contributed by atoms with Crippen LogP contribution < -0.4 is 4.90 Å². The lowest BCUT2D eigenvalue weighted by Gasteiger charge is -2.33. The fraction of sp³-hybridized carbons (Fsp3) is 0.562. The van der Waals surface area contributed by atoms with Crippen LogP contribution in [0.1, 0.15) is 26.3 Å². The summed E-state index contributed by atoms with van der Waals surface area (Å²) in [6.07, 6.45) is -0.190. The number of nitrogens with zero attached hydrogens (tertiary/aromatic N) is 1. The molecule has 1 fully saturated rings. The van der Waals surface area contributed by atoms with Crippen molar-refractivity contribution in [3.8, 4) is 0 Å². The summed E-state index contributed by atoms with van der Waals surface area (Å²) in [6, 6.07) is 8.45. The SMILES string of the molecule is CC(C)(C)OC(=O)N1CC[NH+](Cc2ccc(Br)cc2)CC1. The molecular formula is C16H24BrN2O2+. The van der Waals surface area contributed by atoms with Gasteiger partial charge in [0.1, 0.15) is 12.1 Å². The van der Waals surface area contributed by atoms with Gasteiger partial charge < -0.3 is 9.64 Å². The average Bonchev–Trinajstić information content (AvgIpc) is 2.40. The summed E-state index contributed by atoms with van der Waals surface area (Å²) in [5, 5.41) is 0. The van der Waals surface area contributed by atoms with Crippen molar-refractivity contribution in [1.82, 2.24) is 4.90 Å². The van der Waals surface area contributed by atoms with Gasteiger partial charge in [-0.15, -0.1) is 0 Å². The van der Waals surface area contributed by atoms with Gasteiger partial charge in [0.05, 0.1) is 26.2 Å². The van der Waals surface area contributed by atoms with Crippen molar-refractivity contribution < 1.29 is 14.4 Å². The van der Waals surface area contributed by atoms with Crippen molar-refractivity contribution in [2.45, 2.75) is 32.9 Å². The summed E-state index contributed by atoms with van der Waals surface area (Å²) in [4.78, 5) is 15.3. The molecule has 0 bridgehead atoms. The molecule has 0 spiro atoms. The van der Waals surface area contributed by atoms with Gasteiger partial charge in [0.2, 0.25) is 0 Å². The van der Waals surface area contributed by atoms with E-state index in [1.807, 2.05) is 25.7 Å². The summed E-state index contributed by atoms with van der Waals surface area (Å²) >= 11 is 3.45. The predicted octanol–water partition coefficient (Wildman–Crippen LogP) is 2.08. The number of hydrogen-bond donors (Lipinski definition) is 1. The number of amides is 1. The Kier molecular flexibility index (Phi) is 5.27. The van der Waals surface area contributed by atoms with Crippen LogP contribution in [0.25, 0.3) is 0 Å². The van der Waals surface area contributed by atoms with Crippen molar-refractivity contribution in [2.75, 3.05) is 26.2 Å². The minimum atomic E-state index is -0.418. The van der Waals surface area contributed by atoms with Crippen molar-refractivity contribution in [3.63, 3.8) is 0 Å². The standard InChI is InChI=1S/C16H23BrN2O2/c1-16(2,3)21-15(20)19-10-8-18(9-11-19)12-13-4-6-14(17)7-5-13/h4-7H,8-12H2,1-3H3/p+1. The van der Waals surface area contributed by atoms with Crippen LogP contribution >= 0.6 is 15.9 Å². The molecule has 116 valence electrons. The van der Waals surface area contributed by atoms with Gasteiger partial charge >= 0.3 is 6.09 Å². The number of halogens is 1. The van der Waals surface area contributed by atoms with Crippen LogP contribution in [0.4, 0.5) is 4.79 Å². The molecule has 1 aliphatic rings. The molecule has 1 saturated heterocycles. The highest BCUT2D eigenvalue weighted by Crippen LogP contribution is 2.11. The van der Waals surface area contributed by atoms with E-state index >= 15 is 0 Å². The summed E-state index contributed by atoms with van der Waals surface area (Å²) in [5.41, 5.74) is 0.914. The fourth-order valence-electron chi connectivity index (χ4n) is 2.40. The molecule has 5 heteroatoms. The third-order valence-electron chi connectivity index (χ3n) is 3.49. The Bertz CT molecular complexity index is 474. The molecule has 1 N–H and O–H groups in total. The summed E-state index contributed by atoms with van der Waals surface area (Å²) in [6.45, 7) is 10.2. The minimum absolute atomic E-state index is 0.190. The number of quaternary nitrogens is 1. The average molecular weight is 356 g/mol. The molecule has 0 saturated carbocycles. The molecular weight excluding hydrogens is 332 g/mol. The number of carbonyl (C=O) groups excluding carboxylic acids is 1. The quantitative estimate of drug-likeness (QED) is 0.881. The van der Waals surface area contributed by atoms with Crippen molar-refractivity contribution in [2.24, 2.45) is 0 Å². The lowest BCUT2D eigenvalue weighted by Crippen LogP contribution is -3.13. The van der Waals surface area contributed by atoms with Gasteiger partial charge in [-0.25, -0.2) is 4.79 Å². The van der Waals surface area contributed by atoms with E-state index in [-0.39, 0.29) is 6.09 Å². The first-order valence-electron chi connectivity index (χ1n) is 7.39. The molecule has 0 atom stereocenters. The fourth-order valence-corrected chi connectivity index (χ4v) is 2.66. The van der Waals surface area contributed by atoms with Crippen molar-refractivity contribution in [3.05, 3.63) is 34.3 Å². The number of hydrogen-bond acceptors (Lipinski definition) is 2. The van der Waals surface area contributed by atoms with Gasteiger partial charge in [-0.3, -0.25) is 4.90 Å². The maximum atomic E-state index is 12.0. The van der Waals surface area contributed by atoms with E-state index in [2.05, 4.69) is 40.2 Å². The van der Waals surface area contributed by atoms with Crippen molar-refractivity contribution >= 4 is 22.0 Å². The van der Waals surface area contributed by atoms with E-state index < -0.39 is 5.60 Å². The number of rotatable bonds is 2. The summed E-state index contributed by atoms with van der Waals surface area (Å²) < 4.78 is 6.52. The zero-order valence-corrected chi connectivity index (χ0v) is 14.6. The molecule has 2 rings (SSSR count). The summed E-state index contributed by atoms with van der Waals surface area (Å²) in [7, 11) is 0. The third-order valence-corrected chi connectivity index (χ3v) is 4.02. The molecule has 0 unspecified atom stereocenters. The second-order valence-electron chi connectivity index (χ2n) is 6.52. The first-order chi connectivity index (χ1) is 9.83. The van der Waals surface area contributed by atoms with Crippen LogP contribution in [0.5, 0.6) is 0 Å². The second-order valence-corrected chi connectivity index (χ2v) is 7.44. The molecule has 4 nitrogen and oxygen atoms in total. The highest BCUT2D eigenvalue weighted by molar-refractivity contribution is 9.10. The molecule has 1 aromatic rings. The molecule has 0 aromatic heterocycles. The van der Waals surface area contributed by atoms with Gasteiger partial charge in [-0.1, -0.05) is 28.1 Å². The molecule has 0 aliphatic carbocycles. The normalized spacial score (nSPS) is 16.9. The Balaban J connectivity index is 1.80. The lowest BCUT2D eigenvalue weighted by molar-refractivity contribution is -0.917. The minimum Gasteiger partial charge on any atom is -0.444 e. The zero-order chi connectivity index (χ0) is 15.5. The molecule has 1 heterocycles. The van der Waals surface area contributed by atoms with E-state index in [0.717, 1.165) is 37.2 Å².